The number of carbonyl (C=O) groups excluding carboxylic acids is 1. The molecule has 2 aliphatic rings. The van der Waals surface area contributed by atoms with Crippen LogP contribution in [0.5, 0.6) is 5.75 Å². The maximum atomic E-state index is 13.1. The molecule has 0 unspecified atom stereocenters. The fourth-order valence-electron chi connectivity index (χ4n) is 4.40. The quantitative estimate of drug-likeness (QED) is 0.599. The molecule has 1 aromatic carbocycles. The molecule has 1 fully saturated rings. The first-order valence-electron chi connectivity index (χ1n) is 11.1. The number of rotatable bonds is 4. The Balaban J connectivity index is 1.29. The molecule has 5 rings (SSSR count). The second kappa shape index (κ2) is 8.86. The van der Waals surface area contributed by atoms with Crippen LogP contribution in [0.2, 0.25) is 0 Å². The van der Waals surface area contributed by atoms with Crippen LogP contribution in [0.25, 0.3) is 10.6 Å². The van der Waals surface area contributed by atoms with Gasteiger partial charge in [0, 0.05) is 48.9 Å². The average molecular weight is 450 g/mol. The van der Waals surface area contributed by atoms with E-state index in [1.54, 1.807) is 30.8 Å². The number of hydrogen-bond acceptors (Lipinski definition) is 7. The fourth-order valence-corrected chi connectivity index (χ4v) is 5.52. The third kappa shape index (κ3) is 4.19. The number of hydrogen-bond donors (Lipinski definition) is 0. The number of aromatic nitrogens is 3. The average Bonchev–Trinajstić information content (AvgIpc) is 3.27. The summed E-state index contributed by atoms with van der Waals surface area (Å²) >= 11 is 1.65. The standard InChI is InChI=1S/C24H27N5O2S/c1-16-5-4-9-29(14-16)24-25-12-18(13-26-24)23(30)28-10-8-20-21(15-28)32-22(27-20)17-6-3-7-19(11-17)31-2/h3,6-7,11-13,16H,4-5,8-10,14-15H2,1-2H3/t16-/m1/s1. The molecule has 2 aliphatic heterocycles. The highest BCUT2D eigenvalue weighted by molar-refractivity contribution is 7.15. The third-order valence-electron chi connectivity index (χ3n) is 6.16. The predicted octanol–water partition coefficient (Wildman–Crippen LogP) is 4.04. The summed E-state index contributed by atoms with van der Waals surface area (Å²) in [5.41, 5.74) is 2.67. The number of thiazole rings is 1. The van der Waals surface area contributed by atoms with E-state index in [9.17, 15) is 4.79 Å². The Labute approximate surface area is 192 Å². The molecule has 0 bridgehead atoms. The lowest BCUT2D eigenvalue weighted by molar-refractivity contribution is 0.0735. The first kappa shape index (κ1) is 20.9. The topological polar surface area (TPSA) is 71.5 Å². The zero-order valence-corrected chi connectivity index (χ0v) is 19.3. The van der Waals surface area contributed by atoms with Crippen LogP contribution in [0, 0.1) is 5.92 Å². The zero-order valence-electron chi connectivity index (χ0n) is 18.5. The zero-order chi connectivity index (χ0) is 22.1. The van der Waals surface area contributed by atoms with Crippen molar-refractivity contribution < 1.29 is 9.53 Å². The number of carbonyl (C=O) groups is 1. The van der Waals surface area contributed by atoms with Gasteiger partial charge in [-0.25, -0.2) is 15.0 Å². The number of amides is 1. The number of ether oxygens (including phenoxy) is 1. The summed E-state index contributed by atoms with van der Waals surface area (Å²) in [5, 5.41) is 0.964. The first-order chi connectivity index (χ1) is 15.6. The van der Waals surface area contributed by atoms with E-state index in [4.69, 9.17) is 9.72 Å². The van der Waals surface area contributed by atoms with Gasteiger partial charge in [-0.05, 0) is 30.9 Å². The molecule has 1 atom stereocenters. The molecule has 0 spiro atoms. The second-order valence-electron chi connectivity index (χ2n) is 8.56. The molecule has 0 aliphatic carbocycles. The SMILES string of the molecule is COc1cccc(-c2nc3c(s2)CN(C(=O)c2cnc(N4CCC[C@@H](C)C4)nc2)CC3)c1. The van der Waals surface area contributed by atoms with E-state index in [-0.39, 0.29) is 5.91 Å². The fraction of sp³-hybridized carbons (Fsp3) is 0.417. The molecular formula is C24H27N5O2S. The molecule has 166 valence electrons. The molecule has 0 N–H and O–H groups in total. The molecule has 4 heterocycles. The van der Waals surface area contributed by atoms with Crippen LogP contribution >= 0.6 is 11.3 Å². The summed E-state index contributed by atoms with van der Waals surface area (Å²) < 4.78 is 5.34. The van der Waals surface area contributed by atoms with Crippen LogP contribution < -0.4 is 9.64 Å². The van der Waals surface area contributed by atoms with Crippen molar-refractivity contribution in [1.82, 2.24) is 19.9 Å². The van der Waals surface area contributed by atoms with Gasteiger partial charge in [-0.3, -0.25) is 4.79 Å². The van der Waals surface area contributed by atoms with Gasteiger partial charge in [0.2, 0.25) is 5.95 Å². The lowest BCUT2D eigenvalue weighted by Gasteiger charge is -2.31. The van der Waals surface area contributed by atoms with Crippen LogP contribution in [0.4, 0.5) is 5.95 Å². The largest absolute Gasteiger partial charge is 0.497 e. The van der Waals surface area contributed by atoms with Gasteiger partial charge in [-0.1, -0.05) is 19.1 Å². The number of anilines is 1. The van der Waals surface area contributed by atoms with Gasteiger partial charge >= 0.3 is 0 Å². The van der Waals surface area contributed by atoms with Gasteiger partial charge < -0.3 is 14.5 Å². The molecule has 7 nitrogen and oxygen atoms in total. The van der Waals surface area contributed by atoms with E-state index in [2.05, 4.69) is 21.8 Å². The highest BCUT2D eigenvalue weighted by Crippen LogP contribution is 2.33. The van der Waals surface area contributed by atoms with Crippen molar-refractivity contribution in [1.29, 1.82) is 0 Å². The molecule has 32 heavy (non-hydrogen) atoms. The van der Waals surface area contributed by atoms with Crippen molar-refractivity contribution in [2.45, 2.75) is 32.7 Å². The van der Waals surface area contributed by atoms with Gasteiger partial charge in [-0.2, -0.15) is 0 Å². The number of fused-ring (bicyclic) bond motifs is 1. The Kier molecular flexibility index (Phi) is 5.78. The second-order valence-corrected chi connectivity index (χ2v) is 9.65. The van der Waals surface area contributed by atoms with Gasteiger partial charge in [-0.15, -0.1) is 11.3 Å². The number of benzene rings is 1. The van der Waals surface area contributed by atoms with Crippen molar-refractivity contribution in [2.24, 2.45) is 5.92 Å². The highest BCUT2D eigenvalue weighted by atomic mass is 32.1. The Morgan fingerprint density at radius 3 is 2.84 bits per heavy atom. The maximum Gasteiger partial charge on any atom is 0.257 e. The Morgan fingerprint density at radius 1 is 1.22 bits per heavy atom. The molecule has 0 saturated carbocycles. The summed E-state index contributed by atoms with van der Waals surface area (Å²) in [4.78, 5) is 32.2. The van der Waals surface area contributed by atoms with Crippen LogP contribution in [0.15, 0.2) is 36.7 Å². The van der Waals surface area contributed by atoms with Crippen LogP contribution in [-0.4, -0.2) is 52.5 Å². The van der Waals surface area contributed by atoms with E-state index in [1.807, 2.05) is 29.2 Å². The highest BCUT2D eigenvalue weighted by Gasteiger charge is 2.26. The molecular weight excluding hydrogens is 422 g/mol. The minimum Gasteiger partial charge on any atom is -0.497 e. The minimum atomic E-state index is -0.0226. The number of nitrogens with zero attached hydrogens (tertiary/aromatic N) is 5. The lowest BCUT2D eigenvalue weighted by atomic mass is 10.0. The van der Waals surface area contributed by atoms with Gasteiger partial charge in [0.15, 0.2) is 0 Å². The van der Waals surface area contributed by atoms with Gasteiger partial charge in [0.1, 0.15) is 10.8 Å². The summed E-state index contributed by atoms with van der Waals surface area (Å²) in [6.45, 7) is 5.43. The smallest absolute Gasteiger partial charge is 0.257 e. The van der Waals surface area contributed by atoms with Crippen molar-refractivity contribution in [3.63, 3.8) is 0 Å². The van der Waals surface area contributed by atoms with Gasteiger partial charge in [0.05, 0.1) is 24.9 Å². The van der Waals surface area contributed by atoms with Crippen LogP contribution in [0.3, 0.4) is 0 Å². The molecule has 1 amide bonds. The summed E-state index contributed by atoms with van der Waals surface area (Å²) in [7, 11) is 1.67. The molecule has 0 radical (unpaired) electrons. The summed E-state index contributed by atoms with van der Waals surface area (Å²) in [6.07, 6.45) is 6.52. The molecule has 8 heteroatoms. The van der Waals surface area contributed by atoms with Crippen molar-refractivity contribution in [3.05, 3.63) is 52.8 Å². The van der Waals surface area contributed by atoms with Crippen molar-refractivity contribution in [2.75, 3.05) is 31.6 Å². The normalized spacial score (nSPS) is 18.4. The van der Waals surface area contributed by atoms with Crippen LogP contribution in [0.1, 0.15) is 40.7 Å². The van der Waals surface area contributed by atoms with E-state index in [0.29, 0.717) is 24.6 Å². The monoisotopic (exact) mass is 449 g/mol. The molecule has 1 saturated heterocycles. The summed E-state index contributed by atoms with van der Waals surface area (Å²) in [6, 6.07) is 7.93. The third-order valence-corrected chi connectivity index (χ3v) is 7.29. The Morgan fingerprint density at radius 2 is 2.06 bits per heavy atom. The van der Waals surface area contributed by atoms with Gasteiger partial charge in [0.25, 0.3) is 5.91 Å². The van der Waals surface area contributed by atoms with E-state index in [0.717, 1.165) is 58.8 Å². The number of piperidine rings is 1. The molecule has 2 aromatic heterocycles. The Hall–Kier alpha value is -3.00. The predicted molar refractivity (Wildman–Crippen MR) is 125 cm³/mol. The van der Waals surface area contributed by atoms with E-state index >= 15 is 0 Å². The number of methoxy groups -OCH3 is 1. The van der Waals surface area contributed by atoms with Crippen LogP contribution in [-0.2, 0) is 13.0 Å². The maximum absolute atomic E-state index is 13.1. The first-order valence-corrected chi connectivity index (χ1v) is 11.9. The minimum absolute atomic E-state index is 0.0226. The van der Waals surface area contributed by atoms with Crippen molar-refractivity contribution in [3.8, 4) is 16.3 Å². The van der Waals surface area contributed by atoms with Crippen molar-refractivity contribution >= 4 is 23.2 Å². The van der Waals surface area contributed by atoms with E-state index in [1.165, 1.54) is 6.42 Å². The lowest BCUT2D eigenvalue weighted by Crippen LogP contribution is -2.36. The summed E-state index contributed by atoms with van der Waals surface area (Å²) in [5.74, 6) is 2.16. The molecule has 3 aromatic rings. The Bertz CT molecular complexity index is 1110. The van der Waals surface area contributed by atoms with E-state index < -0.39 is 0 Å².